The average Bonchev–Trinajstić information content (AvgIpc) is 2.37. The molecule has 1 N–H and O–H groups in total. The molecule has 1 aromatic rings. The Bertz CT molecular complexity index is 513. The maximum Gasteiger partial charge on any atom is 0.261 e. The highest BCUT2D eigenvalue weighted by molar-refractivity contribution is 8.13. The van der Waals surface area contributed by atoms with Gasteiger partial charge < -0.3 is 10.1 Å². The monoisotopic (exact) mass is 305 g/mol. The molecule has 0 bridgehead atoms. The second-order valence-corrected chi connectivity index (χ2v) is 6.48. The van der Waals surface area contributed by atoms with E-state index >= 15 is 0 Å². The lowest BCUT2D eigenvalue weighted by Crippen LogP contribution is -2.24. The highest BCUT2D eigenvalue weighted by Gasteiger charge is 2.11. The molecule has 0 aliphatic heterocycles. The number of carbonyl (C=O) groups is 1. The quantitative estimate of drug-likeness (QED) is 0.615. The van der Waals surface area contributed by atoms with Crippen molar-refractivity contribution in [1.82, 2.24) is 5.32 Å². The van der Waals surface area contributed by atoms with E-state index in [4.69, 9.17) is 15.4 Å². The van der Waals surface area contributed by atoms with Gasteiger partial charge in [0.1, 0.15) is 0 Å². The van der Waals surface area contributed by atoms with Crippen molar-refractivity contribution in [3.05, 3.63) is 29.8 Å². The molecule has 0 unspecified atom stereocenters. The second-order valence-electron chi connectivity index (χ2n) is 3.92. The van der Waals surface area contributed by atoms with Crippen LogP contribution in [0.15, 0.2) is 29.2 Å². The van der Waals surface area contributed by atoms with E-state index < -0.39 is 9.05 Å². The molecule has 0 radical (unpaired) electrons. The minimum atomic E-state index is -3.75. The number of carbonyl (C=O) groups excluding carboxylic acids is 1. The molecular formula is C12H16ClNO4S. The highest BCUT2D eigenvalue weighted by Crippen LogP contribution is 2.15. The second kappa shape index (κ2) is 7.47. The van der Waals surface area contributed by atoms with E-state index in [1.807, 2.05) is 0 Å². The fourth-order valence-electron chi connectivity index (χ4n) is 1.44. The molecule has 1 aromatic carbocycles. The molecule has 0 aliphatic carbocycles. The lowest BCUT2D eigenvalue weighted by Gasteiger charge is -2.05. The van der Waals surface area contributed by atoms with Crippen LogP contribution in [0.1, 0.15) is 23.2 Å². The zero-order valence-electron chi connectivity index (χ0n) is 10.6. The predicted octanol–water partition coefficient (Wildman–Crippen LogP) is 1.77. The van der Waals surface area contributed by atoms with Crippen molar-refractivity contribution in [3.8, 4) is 0 Å². The summed E-state index contributed by atoms with van der Waals surface area (Å²) in [6.45, 7) is 1.22. The molecule has 5 nitrogen and oxygen atoms in total. The van der Waals surface area contributed by atoms with E-state index in [2.05, 4.69) is 5.32 Å². The summed E-state index contributed by atoms with van der Waals surface area (Å²) in [4.78, 5) is 11.7. The maximum absolute atomic E-state index is 11.7. The first-order chi connectivity index (χ1) is 8.95. The summed E-state index contributed by atoms with van der Waals surface area (Å²) in [5.41, 5.74) is 0.399. The highest BCUT2D eigenvalue weighted by atomic mass is 35.7. The fraction of sp³-hybridized carbons (Fsp3) is 0.417. The standard InChI is InChI=1S/C12H16ClNO4S/c1-18-9-3-2-8-14-12(15)10-4-6-11(7-5-10)19(13,16)17/h4-7H,2-3,8-9H2,1H3,(H,14,15). The molecule has 1 rings (SSSR count). The summed E-state index contributed by atoms with van der Waals surface area (Å²) in [7, 11) is 3.07. The van der Waals surface area contributed by atoms with Crippen LogP contribution in [-0.2, 0) is 13.8 Å². The zero-order valence-corrected chi connectivity index (χ0v) is 12.1. The zero-order chi connectivity index (χ0) is 14.3. The van der Waals surface area contributed by atoms with Crippen molar-refractivity contribution in [2.75, 3.05) is 20.3 Å². The number of hydrogen-bond acceptors (Lipinski definition) is 4. The molecule has 0 spiro atoms. The van der Waals surface area contributed by atoms with Gasteiger partial charge >= 0.3 is 0 Å². The normalized spacial score (nSPS) is 11.3. The van der Waals surface area contributed by atoms with Crippen molar-refractivity contribution in [3.63, 3.8) is 0 Å². The Kier molecular flexibility index (Phi) is 6.27. The Morgan fingerprint density at radius 1 is 1.26 bits per heavy atom. The van der Waals surface area contributed by atoms with Crippen molar-refractivity contribution in [2.45, 2.75) is 17.7 Å². The summed E-state index contributed by atoms with van der Waals surface area (Å²) in [6, 6.07) is 5.48. The molecule has 19 heavy (non-hydrogen) atoms. The van der Waals surface area contributed by atoms with Gasteiger partial charge in [0.25, 0.3) is 15.0 Å². The van der Waals surface area contributed by atoms with E-state index in [1.165, 1.54) is 24.3 Å². The van der Waals surface area contributed by atoms with E-state index in [0.29, 0.717) is 18.7 Å². The summed E-state index contributed by atoms with van der Waals surface area (Å²) in [6.07, 6.45) is 1.70. The SMILES string of the molecule is COCCCCNC(=O)c1ccc(S(=O)(=O)Cl)cc1. The van der Waals surface area contributed by atoms with Gasteiger partial charge in [-0.25, -0.2) is 8.42 Å². The van der Waals surface area contributed by atoms with Gasteiger partial charge in [0, 0.05) is 36.5 Å². The molecule has 7 heteroatoms. The van der Waals surface area contributed by atoms with Crippen LogP contribution in [-0.4, -0.2) is 34.6 Å². The van der Waals surface area contributed by atoms with Gasteiger partial charge in [-0.3, -0.25) is 4.79 Å². The summed E-state index contributed by atoms with van der Waals surface area (Å²) >= 11 is 0. The number of halogens is 1. The van der Waals surface area contributed by atoms with Gasteiger partial charge in [0.2, 0.25) is 0 Å². The third-order valence-electron chi connectivity index (χ3n) is 2.46. The van der Waals surface area contributed by atoms with Gasteiger partial charge in [-0.15, -0.1) is 0 Å². The van der Waals surface area contributed by atoms with Crippen LogP contribution in [0.4, 0.5) is 0 Å². The first-order valence-corrected chi connectivity index (χ1v) is 8.08. The molecule has 0 saturated carbocycles. The minimum Gasteiger partial charge on any atom is -0.385 e. The topological polar surface area (TPSA) is 72.5 Å². The van der Waals surface area contributed by atoms with Crippen LogP contribution in [0.3, 0.4) is 0 Å². The van der Waals surface area contributed by atoms with Crippen LogP contribution in [0.5, 0.6) is 0 Å². The molecule has 0 atom stereocenters. The molecule has 0 fully saturated rings. The number of benzene rings is 1. The number of methoxy groups -OCH3 is 1. The number of hydrogen-bond donors (Lipinski definition) is 1. The van der Waals surface area contributed by atoms with Gasteiger partial charge in [-0.1, -0.05) is 0 Å². The molecule has 1 amide bonds. The van der Waals surface area contributed by atoms with Gasteiger partial charge in [0.05, 0.1) is 4.90 Å². The Morgan fingerprint density at radius 2 is 1.89 bits per heavy atom. The van der Waals surface area contributed by atoms with Crippen LogP contribution < -0.4 is 5.32 Å². The predicted molar refractivity (Wildman–Crippen MR) is 72.9 cm³/mol. The first-order valence-electron chi connectivity index (χ1n) is 5.77. The first kappa shape index (κ1) is 15.9. The number of rotatable bonds is 7. The summed E-state index contributed by atoms with van der Waals surface area (Å²) < 4.78 is 27.0. The van der Waals surface area contributed by atoms with Gasteiger partial charge in [-0.2, -0.15) is 0 Å². The van der Waals surface area contributed by atoms with Crippen LogP contribution >= 0.6 is 10.7 Å². The smallest absolute Gasteiger partial charge is 0.261 e. The Morgan fingerprint density at radius 3 is 2.42 bits per heavy atom. The largest absolute Gasteiger partial charge is 0.385 e. The van der Waals surface area contributed by atoms with E-state index in [9.17, 15) is 13.2 Å². The minimum absolute atomic E-state index is 0.0224. The van der Waals surface area contributed by atoms with Crippen LogP contribution in [0.2, 0.25) is 0 Å². The molecule has 0 aromatic heterocycles. The van der Waals surface area contributed by atoms with E-state index in [1.54, 1.807) is 7.11 Å². The Hall–Kier alpha value is -1.11. The Labute approximate surface area is 117 Å². The number of ether oxygens (including phenoxy) is 1. The molecular weight excluding hydrogens is 290 g/mol. The lowest BCUT2D eigenvalue weighted by molar-refractivity contribution is 0.0951. The third kappa shape index (κ3) is 5.59. The number of unbranched alkanes of at least 4 members (excludes halogenated alkanes) is 1. The van der Waals surface area contributed by atoms with Crippen molar-refractivity contribution >= 4 is 25.6 Å². The van der Waals surface area contributed by atoms with Crippen molar-refractivity contribution in [2.24, 2.45) is 0 Å². The summed E-state index contributed by atoms with van der Waals surface area (Å²) in [5.74, 6) is -0.240. The van der Waals surface area contributed by atoms with Crippen molar-refractivity contribution in [1.29, 1.82) is 0 Å². The molecule has 0 saturated heterocycles. The molecule has 0 aliphatic rings. The molecule has 106 valence electrons. The molecule has 0 heterocycles. The van der Waals surface area contributed by atoms with Crippen LogP contribution in [0, 0.1) is 0 Å². The van der Waals surface area contributed by atoms with E-state index in [-0.39, 0.29) is 10.8 Å². The lowest BCUT2D eigenvalue weighted by atomic mass is 10.2. The maximum atomic E-state index is 11.7. The van der Waals surface area contributed by atoms with E-state index in [0.717, 1.165) is 12.8 Å². The number of amides is 1. The fourth-order valence-corrected chi connectivity index (χ4v) is 2.21. The number of nitrogens with one attached hydrogen (secondary N) is 1. The Balaban J connectivity index is 2.50. The average molecular weight is 306 g/mol. The van der Waals surface area contributed by atoms with Crippen molar-refractivity contribution < 1.29 is 17.9 Å². The van der Waals surface area contributed by atoms with Gasteiger partial charge in [-0.05, 0) is 37.1 Å². The third-order valence-corrected chi connectivity index (χ3v) is 3.83. The van der Waals surface area contributed by atoms with Gasteiger partial charge in [0.15, 0.2) is 0 Å². The summed E-state index contributed by atoms with van der Waals surface area (Å²) in [5, 5.41) is 2.74. The van der Waals surface area contributed by atoms with Crippen LogP contribution in [0.25, 0.3) is 0 Å².